The van der Waals surface area contributed by atoms with Crippen LogP contribution in [0.5, 0.6) is 0 Å². The standard InChI is InChI=1S/C11H16N4S/c1-11(2,10-12-4-5-16-10)13-6-9-7-14-15(3)8-9/h4-5,7-8,13H,6H2,1-3H3. The van der Waals surface area contributed by atoms with Gasteiger partial charge in [0.2, 0.25) is 0 Å². The third-order valence-corrected chi connectivity index (χ3v) is 3.56. The van der Waals surface area contributed by atoms with Gasteiger partial charge in [0.15, 0.2) is 0 Å². The number of rotatable bonds is 4. The molecular weight excluding hydrogens is 220 g/mol. The van der Waals surface area contributed by atoms with Gasteiger partial charge in [-0.25, -0.2) is 4.98 Å². The molecule has 1 N–H and O–H groups in total. The summed E-state index contributed by atoms with van der Waals surface area (Å²) in [5, 5.41) is 10.7. The van der Waals surface area contributed by atoms with E-state index in [-0.39, 0.29) is 5.54 Å². The molecular formula is C11H16N4S. The first-order valence-corrected chi connectivity index (χ1v) is 6.08. The minimum atomic E-state index is -0.0932. The second kappa shape index (κ2) is 4.35. The van der Waals surface area contributed by atoms with Crippen LogP contribution in [0.15, 0.2) is 24.0 Å². The molecule has 0 bridgehead atoms. The Balaban J connectivity index is 2.00. The highest BCUT2D eigenvalue weighted by atomic mass is 32.1. The minimum Gasteiger partial charge on any atom is -0.302 e. The largest absolute Gasteiger partial charge is 0.302 e. The van der Waals surface area contributed by atoms with Gasteiger partial charge in [0, 0.05) is 36.9 Å². The van der Waals surface area contributed by atoms with Crippen molar-refractivity contribution in [2.75, 3.05) is 0 Å². The van der Waals surface area contributed by atoms with Crippen LogP contribution in [0.4, 0.5) is 0 Å². The Morgan fingerprint density at radius 3 is 2.88 bits per heavy atom. The molecule has 0 fully saturated rings. The third-order valence-electron chi connectivity index (χ3n) is 2.46. The van der Waals surface area contributed by atoms with Gasteiger partial charge in [-0.05, 0) is 13.8 Å². The number of thiazole rings is 1. The molecule has 0 saturated heterocycles. The van der Waals surface area contributed by atoms with Crippen LogP contribution in [-0.2, 0) is 19.1 Å². The molecule has 0 atom stereocenters. The molecule has 0 unspecified atom stereocenters. The average molecular weight is 236 g/mol. The summed E-state index contributed by atoms with van der Waals surface area (Å²) in [7, 11) is 1.93. The van der Waals surface area contributed by atoms with E-state index in [9.17, 15) is 0 Å². The van der Waals surface area contributed by atoms with Crippen LogP contribution in [0.3, 0.4) is 0 Å². The molecule has 16 heavy (non-hydrogen) atoms. The van der Waals surface area contributed by atoms with Gasteiger partial charge in [-0.1, -0.05) is 0 Å². The fourth-order valence-corrected chi connectivity index (χ4v) is 2.23. The Kier molecular flexibility index (Phi) is 3.07. The van der Waals surface area contributed by atoms with Gasteiger partial charge in [-0.2, -0.15) is 5.10 Å². The van der Waals surface area contributed by atoms with Crippen LogP contribution in [0.1, 0.15) is 24.4 Å². The predicted molar refractivity (Wildman–Crippen MR) is 65.2 cm³/mol. The zero-order chi connectivity index (χ0) is 11.6. The van der Waals surface area contributed by atoms with Crippen molar-refractivity contribution in [2.24, 2.45) is 7.05 Å². The van der Waals surface area contributed by atoms with E-state index in [2.05, 4.69) is 29.2 Å². The minimum absolute atomic E-state index is 0.0932. The fraction of sp³-hybridized carbons (Fsp3) is 0.455. The first-order valence-electron chi connectivity index (χ1n) is 5.20. The summed E-state index contributed by atoms with van der Waals surface area (Å²) in [6.07, 6.45) is 5.74. The zero-order valence-corrected chi connectivity index (χ0v) is 10.6. The van der Waals surface area contributed by atoms with Crippen molar-refractivity contribution >= 4 is 11.3 Å². The number of hydrogen-bond donors (Lipinski definition) is 1. The van der Waals surface area contributed by atoms with E-state index in [4.69, 9.17) is 0 Å². The quantitative estimate of drug-likeness (QED) is 0.881. The lowest BCUT2D eigenvalue weighted by molar-refractivity contribution is 0.399. The Hall–Kier alpha value is -1.20. The summed E-state index contributed by atoms with van der Waals surface area (Å²) in [6, 6.07) is 0. The summed E-state index contributed by atoms with van der Waals surface area (Å²) in [6.45, 7) is 5.09. The van der Waals surface area contributed by atoms with Gasteiger partial charge in [0.1, 0.15) is 5.01 Å². The fourth-order valence-electron chi connectivity index (χ4n) is 1.49. The summed E-state index contributed by atoms with van der Waals surface area (Å²) < 4.78 is 1.81. The SMILES string of the molecule is Cn1cc(CNC(C)(C)c2nccs2)cn1. The second-order valence-corrected chi connectivity index (χ2v) is 5.23. The van der Waals surface area contributed by atoms with Crippen molar-refractivity contribution in [3.05, 3.63) is 34.5 Å². The van der Waals surface area contributed by atoms with Crippen LogP contribution in [0.2, 0.25) is 0 Å². The van der Waals surface area contributed by atoms with Crippen LogP contribution >= 0.6 is 11.3 Å². The molecule has 0 aliphatic heterocycles. The van der Waals surface area contributed by atoms with Crippen LogP contribution in [0, 0.1) is 0 Å². The molecule has 86 valence electrons. The van der Waals surface area contributed by atoms with E-state index in [0.29, 0.717) is 0 Å². The molecule has 0 amide bonds. The Morgan fingerprint density at radius 2 is 2.31 bits per heavy atom. The molecule has 0 aromatic carbocycles. The van der Waals surface area contributed by atoms with Gasteiger partial charge in [-0.3, -0.25) is 4.68 Å². The normalized spacial score (nSPS) is 11.9. The number of hydrogen-bond acceptors (Lipinski definition) is 4. The smallest absolute Gasteiger partial charge is 0.112 e. The molecule has 2 heterocycles. The Bertz CT molecular complexity index is 444. The molecule has 0 radical (unpaired) electrons. The Morgan fingerprint density at radius 1 is 1.50 bits per heavy atom. The number of aromatic nitrogens is 3. The van der Waals surface area contributed by atoms with Crippen molar-refractivity contribution < 1.29 is 0 Å². The number of aryl methyl sites for hydroxylation is 1. The summed E-state index contributed by atoms with van der Waals surface area (Å²) in [5.74, 6) is 0. The molecule has 2 aromatic heterocycles. The highest BCUT2D eigenvalue weighted by molar-refractivity contribution is 7.09. The lowest BCUT2D eigenvalue weighted by Crippen LogP contribution is -2.35. The molecule has 0 aliphatic rings. The number of nitrogens with zero attached hydrogens (tertiary/aromatic N) is 3. The first-order chi connectivity index (χ1) is 7.58. The molecule has 0 saturated carbocycles. The lowest BCUT2D eigenvalue weighted by Gasteiger charge is -2.23. The molecule has 5 heteroatoms. The molecule has 2 rings (SSSR count). The first kappa shape index (κ1) is 11.3. The van der Waals surface area contributed by atoms with E-state index in [1.165, 1.54) is 5.56 Å². The predicted octanol–water partition coefficient (Wildman–Crippen LogP) is 1.90. The van der Waals surface area contributed by atoms with Gasteiger partial charge in [0.05, 0.1) is 11.7 Å². The van der Waals surface area contributed by atoms with Gasteiger partial charge >= 0.3 is 0 Å². The molecule has 0 spiro atoms. The van der Waals surface area contributed by atoms with Crippen LogP contribution in [0.25, 0.3) is 0 Å². The highest BCUT2D eigenvalue weighted by Gasteiger charge is 2.22. The maximum atomic E-state index is 4.34. The second-order valence-electron chi connectivity index (χ2n) is 4.34. The molecule has 4 nitrogen and oxygen atoms in total. The van der Waals surface area contributed by atoms with Crippen LogP contribution in [-0.4, -0.2) is 14.8 Å². The van der Waals surface area contributed by atoms with Crippen LogP contribution < -0.4 is 5.32 Å². The highest BCUT2D eigenvalue weighted by Crippen LogP contribution is 2.22. The van der Waals surface area contributed by atoms with E-state index in [0.717, 1.165) is 11.6 Å². The third kappa shape index (κ3) is 2.48. The van der Waals surface area contributed by atoms with E-state index in [1.54, 1.807) is 11.3 Å². The van der Waals surface area contributed by atoms with Crippen molar-refractivity contribution in [3.63, 3.8) is 0 Å². The number of nitrogens with one attached hydrogen (secondary N) is 1. The topological polar surface area (TPSA) is 42.7 Å². The Labute approximate surface area is 99.3 Å². The summed E-state index contributed by atoms with van der Waals surface area (Å²) in [5.41, 5.74) is 1.09. The van der Waals surface area contributed by atoms with Gasteiger partial charge in [-0.15, -0.1) is 11.3 Å². The average Bonchev–Trinajstić information content (AvgIpc) is 2.85. The van der Waals surface area contributed by atoms with Gasteiger partial charge in [0.25, 0.3) is 0 Å². The zero-order valence-electron chi connectivity index (χ0n) is 9.77. The van der Waals surface area contributed by atoms with E-state index in [1.807, 2.05) is 35.7 Å². The maximum absolute atomic E-state index is 4.34. The van der Waals surface area contributed by atoms with Crippen molar-refractivity contribution in [2.45, 2.75) is 25.9 Å². The monoisotopic (exact) mass is 236 g/mol. The lowest BCUT2D eigenvalue weighted by atomic mass is 10.1. The van der Waals surface area contributed by atoms with Gasteiger partial charge < -0.3 is 5.32 Å². The maximum Gasteiger partial charge on any atom is 0.112 e. The molecule has 0 aliphatic carbocycles. The summed E-state index contributed by atoms with van der Waals surface area (Å²) >= 11 is 1.68. The van der Waals surface area contributed by atoms with Crippen molar-refractivity contribution in [3.8, 4) is 0 Å². The van der Waals surface area contributed by atoms with E-state index < -0.39 is 0 Å². The molecule has 2 aromatic rings. The van der Waals surface area contributed by atoms with Crippen molar-refractivity contribution in [1.29, 1.82) is 0 Å². The van der Waals surface area contributed by atoms with E-state index >= 15 is 0 Å². The van der Waals surface area contributed by atoms with Crippen molar-refractivity contribution in [1.82, 2.24) is 20.1 Å². The summed E-state index contributed by atoms with van der Waals surface area (Å²) in [4.78, 5) is 4.34.